The summed E-state index contributed by atoms with van der Waals surface area (Å²) in [5.41, 5.74) is 0. The Hall–Kier alpha value is -0.770. The monoisotopic (exact) mass is 173 g/mol. The minimum atomic E-state index is -0.297. The van der Waals surface area contributed by atoms with Gasteiger partial charge >= 0.3 is 6.09 Å². The molecule has 1 fully saturated rings. The van der Waals surface area contributed by atoms with E-state index in [4.69, 9.17) is 9.84 Å². The second-order valence-corrected chi connectivity index (χ2v) is 2.87. The summed E-state index contributed by atoms with van der Waals surface area (Å²) in [6, 6.07) is -0.0240. The van der Waals surface area contributed by atoms with Gasteiger partial charge in [0.2, 0.25) is 0 Å². The van der Waals surface area contributed by atoms with Crippen LogP contribution in [0.15, 0.2) is 0 Å². The number of carbonyl (C=O) groups is 1. The quantitative estimate of drug-likeness (QED) is 0.665. The SMILES string of the molecule is CCOC(=O)N1CCC[C@H]1CO. The Bertz CT molecular complexity index is 160. The van der Waals surface area contributed by atoms with Gasteiger partial charge in [-0.05, 0) is 19.8 Å². The summed E-state index contributed by atoms with van der Waals surface area (Å²) < 4.78 is 4.83. The molecule has 1 saturated heterocycles. The molecule has 1 heterocycles. The fraction of sp³-hybridized carbons (Fsp3) is 0.875. The van der Waals surface area contributed by atoms with Crippen LogP contribution < -0.4 is 0 Å². The van der Waals surface area contributed by atoms with E-state index < -0.39 is 0 Å². The minimum Gasteiger partial charge on any atom is -0.450 e. The molecule has 1 atom stereocenters. The Morgan fingerprint density at radius 1 is 1.75 bits per heavy atom. The third-order valence-electron chi connectivity index (χ3n) is 2.09. The molecule has 1 aliphatic rings. The number of hydrogen-bond acceptors (Lipinski definition) is 3. The zero-order chi connectivity index (χ0) is 8.97. The topological polar surface area (TPSA) is 49.8 Å². The maximum Gasteiger partial charge on any atom is 0.410 e. The van der Waals surface area contributed by atoms with Crippen LogP contribution in [0.3, 0.4) is 0 Å². The first-order chi connectivity index (χ1) is 5.79. The number of rotatable bonds is 2. The Morgan fingerprint density at radius 3 is 3.08 bits per heavy atom. The van der Waals surface area contributed by atoms with Crippen molar-refractivity contribution in [3.8, 4) is 0 Å². The van der Waals surface area contributed by atoms with Crippen molar-refractivity contribution < 1.29 is 14.6 Å². The summed E-state index contributed by atoms with van der Waals surface area (Å²) in [6.07, 6.45) is 1.55. The molecule has 0 unspecified atom stereocenters. The lowest BCUT2D eigenvalue weighted by molar-refractivity contribution is 0.0885. The van der Waals surface area contributed by atoms with E-state index in [-0.39, 0.29) is 18.7 Å². The predicted octanol–water partition coefficient (Wildman–Crippen LogP) is 0.600. The van der Waals surface area contributed by atoms with Crippen molar-refractivity contribution in [1.82, 2.24) is 4.90 Å². The van der Waals surface area contributed by atoms with Gasteiger partial charge in [0.15, 0.2) is 0 Å². The molecule has 0 spiro atoms. The van der Waals surface area contributed by atoms with E-state index in [0.29, 0.717) is 13.2 Å². The smallest absolute Gasteiger partial charge is 0.410 e. The van der Waals surface area contributed by atoms with E-state index >= 15 is 0 Å². The standard InChI is InChI=1S/C8H15NO3/c1-2-12-8(11)9-5-3-4-7(9)6-10/h7,10H,2-6H2,1H3/t7-/m0/s1. The molecule has 0 aromatic rings. The molecule has 0 saturated carbocycles. The zero-order valence-electron chi connectivity index (χ0n) is 7.32. The number of aliphatic hydroxyl groups is 1. The fourth-order valence-electron chi connectivity index (χ4n) is 1.47. The number of amides is 1. The molecule has 4 heteroatoms. The number of aliphatic hydroxyl groups excluding tert-OH is 1. The summed E-state index contributed by atoms with van der Waals surface area (Å²) >= 11 is 0. The second-order valence-electron chi connectivity index (χ2n) is 2.87. The molecule has 70 valence electrons. The van der Waals surface area contributed by atoms with Crippen molar-refractivity contribution in [2.45, 2.75) is 25.8 Å². The number of hydrogen-bond donors (Lipinski definition) is 1. The maximum atomic E-state index is 11.2. The molecule has 0 bridgehead atoms. The lowest BCUT2D eigenvalue weighted by Crippen LogP contribution is -2.37. The largest absolute Gasteiger partial charge is 0.450 e. The first kappa shape index (κ1) is 9.32. The van der Waals surface area contributed by atoms with Crippen molar-refractivity contribution >= 4 is 6.09 Å². The summed E-state index contributed by atoms with van der Waals surface area (Å²) in [5.74, 6) is 0. The van der Waals surface area contributed by atoms with Crippen LogP contribution >= 0.6 is 0 Å². The average molecular weight is 173 g/mol. The van der Waals surface area contributed by atoms with Crippen LogP contribution in [-0.2, 0) is 4.74 Å². The van der Waals surface area contributed by atoms with Crippen LogP contribution in [0.1, 0.15) is 19.8 Å². The van der Waals surface area contributed by atoms with Crippen LogP contribution in [0, 0.1) is 0 Å². The molecule has 0 aromatic heterocycles. The molecule has 12 heavy (non-hydrogen) atoms. The van der Waals surface area contributed by atoms with Crippen LogP contribution in [-0.4, -0.2) is 41.9 Å². The first-order valence-corrected chi connectivity index (χ1v) is 4.33. The normalized spacial score (nSPS) is 22.8. The van der Waals surface area contributed by atoms with Crippen LogP contribution in [0.5, 0.6) is 0 Å². The van der Waals surface area contributed by atoms with Gasteiger partial charge in [-0.25, -0.2) is 4.79 Å². The van der Waals surface area contributed by atoms with Gasteiger partial charge in [-0.1, -0.05) is 0 Å². The molecule has 0 radical (unpaired) electrons. The molecular formula is C8H15NO3. The molecule has 0 aromatic carbocycles. The summed E-state index contributed by atoms with van der Waals surface area (Å²) in [5, 5.41) is 8.90. The predicted molar refractivity (Wildman–Crippen MR) is 43.8 cm³/mol. The maximum absolute atomic E-state index is 11.2. The summed E-state index contributed by atoms with van der Waals surface area (Å²) in [6.45, 7) is 2.93. The number of likely N-dealkylation sites (tertiary alicyclic amines) is 1. The highest BCUT2D eigenvalue weighted by Gasteiger charge is 2.28. The molecule has 0 aliphatic carbocycles. The molecular weight excluding hydrogens is 158 g/mol. The Balaban J connectivity index is 2.43. The number of nitrogens with zero attached hydrogens (tertiary/aromatic N) is 1. The van der Waals surface area contributed by atoms with E-state index in [1.165, 1.54) is 0 Å². The summed E-state index contributed by atoms with van der Waals surface area (Å²) in [4.78, 5) is 12.8. The van der Waals surface area contributed by atoms with E-state index in [9.17, 15) is 4.79 Å². The average Bonchev–Trinajstić information content (AvgIpc) is 2.51. The fourth-order valence-corrected chi connectivity index (χ4v) is 1.47. The van der Waals surface area contributed by atoms with Gasteiger partial charge in [0.05, 0.1) is 19.3 Å². The van der Waals surface area contributed by atoms with Crippen molar-refractivity contribution in [2.24, 2.45) is 0 Å². The van der Waals surface area contributed by atoms with Crippen molar-refractivity contribution in [3.05, 3.63) is 0 Å². The van der Waals surface area contributed by atoms with Crippen LogP contribution in [0.2, 0.25) is 0 Å². The van der Waals surface area contributed by atoms with Crippen molar-refractivity contribution in [2.75, 3.05) is 19.8 Å². The van der Waals surface area contributed by atoms with Crippen LogP contribution in [0.25, 0.3) is 0 Å². The van der Waals surface area contributed by atoms with Crippen molar-refractivity contribution in [3.63, 3.8) is 0 Å². The number of ether oxygens (including phenoxy) is 1. The zero-order valence-corrected chi connectivity index (χ0v) is 7.32. The van der Waals surface area contributed by atoms with Crippen LogP contribution in [0.4, 0.5) is 4.79 Å². The van der Waals surface area contributed by atoms with Gasteiger partial charge < -0.3 is 14.7 Å². The van der Waals surface area contributed by atoms with E-state index in [2.05, 4.69) is 0 Å². The van der Waals surface area contributed by atoms with Gasteiger partial charge in [-0.3, -0.25) is 0 Å². The van der Waals surface area contributed by atoms with Gasteiger partial charge in [-0.15, -0.1) is 0 Å². The van der Waals surface area contributed by atoms with Gasteiger partial charge in [-0.2, -0.15) is 0 Å². The van der Waals surface area contributed by atoms with E-state index in [1.807, 2.05) is 0 Å². The third kappa shape index (κ3) is 1.88. The third-order valence-corrected chi connectivity index (χ3v) is 2.09. The Morgan fingerprint density at radius 2 is 2.50 bits per heavy atom. The lowest BCUT2D eigenvalue weighted by Gasteiger charge is -2.21. The lowest BCUT2D eigenvalue weighted by atomic mass is 10.2. The molecule has 1 aliphatic heterocycles. The summed E-state index contributed by atoms with van der Waals surface area (Å²) in [7, 11) is 0. The first-order valence-electron chi connectivity index (χ1n) is 4.33. The number of carbonyl (C=O) groups excluding carboxylic acids is 1. The minimum absolute atomic E-state index is 0.0240. The highest BCUT2D eigenvalue weighted by molar-refractivity contribution is 5.68. The second kappa shape index (κ2) is 4.30. The van der Waals surface area contributed by atoms with E-state index in [1.54, 1.807) is 11.8 Å². The Kier molecular flexibility index (Phi) is 3.34. The highest BCUT2D eigenvalue weighted by Crippen LogP contribution is 2.17. The van der Waals surface area contributed by atoms with Gasteiger partial charge in [0.25, 0.3) is 0 Å². The van der Waals surface area contributed by atoms with E-state index in [0.717, 1.165) is 12.8 Å². The molecule has 4 nitrogen and oxygen atoms in total. The van der Waals surface area contributed by atoms with Crippen molar-refractivity contribution in [1.29, 1.82) is 0 Å². The molecule has 1 N–H and O–H groups in total. The van der Waals surface area contributed by atoms with Gasteiger partial charge in [0.1, 0.15) is 0 Å². The highest BCUT2D eigenvalue weighted by atomic mass is 16.6. The molecule has 1 amide bonds. The van der Waals surface area contributed by atoms with Gasteiger partial charge in [0, 0.05) is 6.54 Å². The molecule has 1 rings (SSSR count). The Labute approximate surface area is 72.1 Å².